The summed E-state index contributed by atoms with van der Waals surface area (Å²) < 4.78 is 24.0. The molecule has 3 aromatic carbocycles. The molecular weight excluding hydrogens is 433 g/mol. The Morgan fingerprint density at radius 3 is 2.21 bits per heavy atom. The average molecular weight is 464 g/mol. The first-order valence-electron chi connectivity index (χ1n) is 11.4. The highest BCUT2D eigenvalue weighted by atomic mass is 19.1. The minimum atomic E-state index is -0.362. The van der Waals surface area contributed by atoms with Crippen molar-refractivity contribution in [3.05, 3.63) is 84.2 Å². The van der Waals surface area contributed by atoms with E-state index in [0.717, 1.165) is 29.5 Å². The van der Waals surface area contributed by atoms with Gasteiger partial charge in [-0.2, -0.15) is 0 Å². The molecule has 0 spiro atoms. The van der Waals surface area contributed by atoms with Gasteiger partial charge in [-0.1, -0.05) is 55.8 Å². The average Bonchev–Trinajstić information content (AvgIpc) is 2.86. The molecular formula is C28H30FNO4. The molecule has 0 radical (unpaired) electrons. The SMILES string of the molecule is CCCCC(=O)N(Cc1ccc(-c2ccc(OCCC(=O)OC)cc2)cc1)c1cccc(F)c1. The predicted molar refractivity (Wildman–Crippen MR) is 131 cm³/mol. The standard InChI is InChI=1S/C28H30FNO4/c1-3-4-8-27(31)30(25-7-5-6-24(29)19-25)20-21-9-11-22(12-10-21)23-13-15-26(16-14-23)34-18-17-28(32)33-2/h5-7,9-16,19H,3-4,8,17-18,20H2,1-2H3. The summed E-state index contributed by atoms with van der Waals surface area (Å²) >= 11 is 0. The number of ether oxygens (including phenoxy) is 2. The first-order chi connectivity index (χ1) is 16.5. The number of hydrogen-bond acceptors (Lipinski definition) is 4. The normalized spacial score (nSPS) is 10.6. The van der Waals surface area contributed by atoms with E-state index in [0.29, 0.717) is 24.4 Å². The molecule has 0 unspecified atom stereocenters. The number of rotatable bonds is 11. The number of esters is 1. The van der Waals surface area contributed by atoms with Crippen LogP contribution in [0.25, 0.3) is 11.1 Å². The lowest BCUT2D eigenvalue weighted by molar-refractivity contribution is -0.141. The van der Waals surface area contributed by atoms with Crippen LogP contribution in [0.4, 0.5) is 10.1 Å². The highest BCUT2D eigenvalue weighted by Crippen LogP contribution is 2.25. The van der Waals surface area contributed by atoms with Crippen molar-refractivity contribution >= 4 is 17.6 Å². The Morgan fingerprint density at radius 2 is 1.59 bits per heavy atom. The van der Waals surface area contributed by atoms with Gasteiger partial charge in [-0.05, 0) is 53.4 Å². The minimum Gasteiger partial charge on any atom is -0.493 e. The van der Waals surface area contributed by atoms with Gasteiger partial charge in [-0.15, -0.1) is 0 Å². The van der Waals surface area contributed by atoms with Gasteiger partial charge >= 0.3 is 5.97 Å². The number of halogens is 1. The molecule has 0 aliphatic heterocycles. The quantitative estimate of drug-likeness (QED) is 0.320. The molecule has 0 aliphatic carbocycles. The van der Waals surface area contributed by atoms with E-state index in [9.17, 15) is 14.0 Å². The fourth-order valence-electron chi connectivity index (χ4n) is 3.51. The maximum atomic E-state index is 13.8. The fourth-order valence-corrected chi connectivity index (χ4v) is 3.51. The number of carbonyl (C=O) groups is 2. The molecule has 3 rings (SSSR count). The minimum absolute atomic E-state index is 0.0145. The lowest BCUT2D eigenvalue weighted by Gasteiger charge is -2.23. The van der Waals surface area contributed by atoms with Crippen LogP contribution in [0.3, 0.4) is 0 Å². The Balaban J connectivity index is 1.68. The highest BCUT2D eigenvalue weighted by Gasteiger charge is 2.16. The van der Waals surface area contributed by atoms with Crippen LogP contribution >= 0.6 is 0 Å². The van der Waals surface area contributed by atoms with E-state index in [2.05, 4.69) is 4.74 Å². The summed E-state index contributed by atoms with van der Waals surface area (Å²) in [7, 11) is 1.35. The molecule has 3 aromatic rings. The van der Waals surface area contributed by atoms with Crippen molar-refractivity contribution < 1.29 is 23.5 Å². The monoisotopic (exact) mass is 463 g/mol. The van der Waals surface area contributed by atoms with Gasteiger partial charge in [-0.25, -0.2) is 4.39 Å². The molecule has 0 bridgehead atoms. The van der Waals surface area contributed by atoms with Crippen molar-refractivity contribution in [2.45, 2.75) is 39.2 Å². The molecule has 5 nitrogen and oxygen atoms in total. The number of amides is 1. The zero-order chi connectivity index (χ0) is 24.3. The summed E-state index contributed by atoms with van der Waals surface area (Å²) in [6.07, 6.45) is 2.35. The van der Waals surface area contributed by atoms with Crippen molar-refractivity contribution in [1.82, 2.24) is 0 Å². The number of carbonyl (C=O) groups excluding carboxylic acids is 2. The summed E-state index contributed by atoms with van der Waals surface area (Å²) in [5, 5.41) is 0. The van der Waals surface area contributed by atoms with Crippen LogP contribution in [0.2, 0.25) is 0 Å². The maximum absolute atomic E-state index is 13.8. The molecule has 0 saturated carbocycles. The van der Waals surface area contributed by atoms with E-state index in [1.165, 1.54) is 19.2 Å². The van der Waals surface area contributed by atoms with E-state index in [1.54, 1.807) is 17.0 Å². The summed E-state index contributed by atoms with van der Waals surface area (Å²) in [6.45, 7) is 2.68. The third kappa shape index (κ3) is 7.17. The number of hydrogen-bond donors (Lipinski definition) is 0. The van der Waals surface area contributed by atoms with E-state index in [1.807, 2.05) is 55.5 Å². The second-order valence-corrected chi connectivity index (χ2v) is 7.96. The Labute approximate surface area is 200 Å². The molecule has 6 heteroatoms. The number of benzene rings is 3. The summed E-state index contributed by atoms with van der Waals surface area (Å²) in [5.74, 6) is -0.00138. The number of unbranched alkanes of at least 4 members (excludes halogenated alkanes) is 1. The number of nitrogens with zero attached hydrogens (tertiary/aromatic N) is 1. The first-order valence-corrected chi connectivity index (χ1v) is 11.4. The lowest BCUT2D eigenvalue weighted by Crippen LogP contribution is -2.30. The van der Waals surface area contributed by atoms with Crippen LogP contribution in [0, 0.1) is 5.82 Å². The van der Waals surface area contributed by atoms with Gasteiger partial charge in [0.2, 0.25) is 5.91 Å². The zero-order valence-electron chi connectivity index (χ0n) is 19.6. The van der Waals surface area contributed by atoms with E-state index >= 15 is 0 Å². The highest BCUT2D eigenvalue weighted by molar-refractivity contribution is 5.93. The molecule has 178 valence electrons. The molecule has 0 saturated heterocycles. The van der Waals surface area contributed by atoms with Crippen LogP contribution in [0.15, 0.2) is 72.8 Å². The maximum Gasteiger partial charge on any atom is 0.308 e. The molecule has 0 aromatic heterocycles. The third-order valence-electron chi connectivity index (χ3n) is 5.45. The van der Waals surface area contributed by atoms with E-state index < -0.39 is 0 Å². The van der Waals surface area contributed by atoms with Crippen LogP contribution in [-0.4, -0.2) is 25.6 Å². The Morgan fingerprint density at radius 1 is 0.912 bits per heavy atom. The van der Waals surface area contributed by atoms with Gasteiger partial charge in [0.25, 0.3) is 0 Å². The number of anilines is 1. The van der Waals surface area contributed by atoms with Crippen LogP contribution in [0.5, 0.6) is 5.75 Å². The van der Waals surface area contributed by atoms with Crippen molar-refractivity contribution in [2.75, 3.05) is 18.6 Å². The largest absolute Gasteiger partial charge is 0.493 e. The first kappa shape index (κ1) is 25.0. The van der Waals surface area contributed by atoms with Crippen LogP contribution < -0.4 is 9.64 Å². The van der Waals surface area contributed by atoms with E-state index in [4.69, 9.17) is 4.74 Å². The van der Waals surface area contributed by atoms with Gasteiger partial charge in [0.15, 0.2) is 0 Å². The predicted octanol–water partition coefficient (Wildman–Crippen LogP) is 6.16. The lowest BCUT2D eigenvalue weighted by atomic mass is 10.0. The third-order valence-corrected chi connectivity index (χ3v) is 5.45. The summed E-state index contributed by atoms with van der Waals surface area (Å²) in [4.78, 5) is 25.7. The van der Waals surface area contributed by atoms with Crippen LogP contribution in [-0.2, 0) is 20.9 Å². The zero-order valence-corrected chi connectivity index (χ0v) is 19.6. The molecule has 0 atom stereocenters. The van der Waals surface area contributed by atoms with Crippen molar-refractivity contribution in [1.29, 1.82) is 0 Å². The topological polar surface area (TPSA) is 55.8 Å². The van der Waals surface area contributed by atoms with Crippen LogP contribution in [0.1, 0.15) is 38.2 Å². The van der Waals surface area contributed by atoms with Gasteiger partial charge < -0.3 is 14.4 Å². The summed E-state index contributed by atoms with van der Waals surface area (Å²) in [5.41, 5.74) is 3.57. The molecule has 0 aliphatic rings. The number of methoxy groups -OCH3 is 1. The second kappa shape index (κ2) is 12.5. The second-order valence-electron chi connectivity index (χ2n) is 7.96. The Hall–Kier alpha value is -3.67. The van der Waals surface area contributed by atoms with E-state index in [-0.39, 0.29) is 30.7 Å². The Kier molecular flexibility index (Phi) is 9.21. The molecule has 0 fully saturated rings. The molecule has 34 heavy (non-hydrogen) atoms. The molecule has 1 amide bonds. The van der Waals surface area contributed by atoms with Gasteiger partial charge in [0.1, 0.15) is 11.6 Å². The summed E-state index contributed by atoms with van der Waals surface area (Å²) in [6, 6.07) is 21.8. The van der Waals surface area contributed by atoms with Gasteiger partial charge in [0, 0.05) is 12.1 Å². The smallest absolute Gasteiger partial charge is 0.308 e. The fraction of sp³-hybridized carbons (Fsp3) is 0.286. The molecule has 0 N–H and O–H groups in total. The van der Waals surface area contributed by atoms with Crippen molar-refractivity contribution in [3.8, 4) is 16.9 Å². The molecule has 0 heterocycles. The van der Waals surface area contributed by atoms with Crippen molar-refractivity contribution in [3.63, 3.8) is 0 Å². The van der Waals surface area contributed by atoms with Crippen molar-refractivity contribution in [2.24, 2.45) is 0 Å². The van der Waals surface area contributed by atoms with Gasteiger partial charge in [-0.3, -0.25) is 9.59 Å². The Bertz CT molecular complexity index is 1080. The van der Waals surface area contributed by atoms with Gasteiger partial charge in [0.05, 0.1) is 26.7 Å².